The van der Waals surface area contributed by atoms with Gasteiger partial charge in [0.05, 0.1) is 12.0 Å². The minimum Gasteiger partial charge on any atom is -0.497 e. The van der Waals surface area contributed by atoms with Crippen LogP contribution in [0.3, 0.4) is 0 Å². The van der Waals surface area contributed by atoms with E-state index in [2.05, 4.69) is 15.4 Å². The van der Waals surface area contributed by atoms with Crippen molar-refractivity contribution in [1.82, 2.24) is 10.6 Å². The molecule has 1 fully saturated rings. The first kappa shape index (κ1) is 19.2. The van der Waals surface area contributed by atoms with Crippen molar-refractivity contribution in [3.63, 3.8) is 0 Å². The number of hydrogen-bond acceptors (Lipinski definition) is 5. The molecule has 0 bridgehead atoms. The van der Waals surface area contributed by atoms with Crippen LogP contribution in [-0.4, -0.2) is 40.6 Å². The molecule has 144 valence electrons. The molecule has 0 aliphatic carbocycles. The maximum absolute atomic E-state index is 12.6. The highest BCUT2D eigenvalue weighted by atomic mass is 32.2. The number of methoxy groups -OCH3 is 1. The largest absolute Gasteiger partial charge is 0.497 e. The van der Waals surface area contributed by atoms with Gasteiger partial charge in [-0.25, -0.2) is 8.42 Å². The molecule has 1 saturated heterocycles. The predicted octanol–water partition coefficient (Wildman–Crippen LogP) is 1.98. The average molecular weight is 389 g/mol. The highest BCUT2D eigenvalue weighted by molar-refractivity contribution is 7.92. The van der Waals surface area contributed by atoms with Crippen molar-refractivity contribution >= 4 is 21.6 Å². The van der Waals surface area contributed by atoms with E-state index in [9.17, 15) is 13.2 Å². The Balaban J connectivity index is 1.73. The molecule has 1 amide bonds. The first-order chi connectivity index (χ1) is 13.0. The van der Waals surface area contributed by atoms with Gasteiger partial charge in [-0.05, 0) is 61.9 Å². The number of carbonyl (C=O) groups excluding carboxylic acids is 1. The standard InChI is InChI=1S/C19H23N3O4S/c1-26-17-9-7-15(8-10-17)22-27(24,25)18-6-2-4-14(12-18)19(23)21-16-5-3-11-20-13-16/h2,4,6-10,12,16,20,22H,3,5,11,13H2,1H3,(H,21,23)/t16-/m0/s1. The van der Waals surface area contributed by atoms with E-state index in [1.165, 1.54) is 12.1 Å². The molecule has 0 spiro atoms. The number of benzene rings is 2. The molecule has 1 heterocycles. The molecule has 1 aliphatic rings. The summed E-state index contributed by atoms with van der Waals surface area (Å²) in [6.07, 6.45) is 1.92. The first-order valence-corrected chi connectivity index (χ1v) is 10.2. The van der Waals surface area contributed by atoms with Crippen LogP contribution in [-0.2, 0) is 10.0 Å². The molecule has 27 heavy (non-hydrogen) atoms. The molecule has 2 aromatic carbocycles. The van der Waals surface area contributed by atoms with Crippen molar-refractivity contribution in [2.24, 2.45) is 0 Å². The van der Waals surface area contributed by atoms with Crippen LogP contribution in [0.5, 0.6) is 5.75 Å². The van der Waals surface area contributed by atoms with Crippen LogP contribution in [0, 0.1) is 0 Å². The number of carbonyl (C=O) groups is 1. The van der Waals surface area contributed by atoms with Crippen molar-refractivity contribution in [2.45, 2.75) is 23.8 Å². The minimum atomic E-state index is -3.81. The van der Waals surface area contributed by atoms with E-state index in [1.807, 2.05) is 0 Å². The van der Waals surface area contributed by atoms with Gasteiger partial charge in [-0.3, -0.25) is 9.52 Å². The van der Waals surface area contributed by atoms with Gasteiger partial charge in [-0.1, -0.05) is 6.07 Å². The van der Waals surface area contributed by atoms with Gasteiger partial charge < -0.3 is 15.4 Å². The van der Waals surface area contributed by atoms with E-state index in [-0.39, 0.29) is 16.8 Å². The Bertz CT molecular complexity index is 891. The van der Waals surface area contributed by atoms with Crippen molar-refractivity contribution in [3.05, 3.63) is 54.1 Å². The van der Waals surface area contributed by atoms with Gasteiger partial charge in [0.1, 0.15) is 5.75 Å². The quantitative estimate of drug-likeness (QED) is 0.702. The van der Waals surface area contributed by atoms with Gasteiger partial charge >= 0.3 is 0 Å². The molecular formula is C19H23N3O4S. The molecule has 1 aliphatic heterocycles. The van der Waals surface area contributed by atoms with Crippen LogP contribution < -0.4 is 20.1 Å². The number of sulfonamides is 1. The van der Waals surface area contributed by atoms with Gasteiger partial charge in [0.15, 0.2) is 0 Å². The summed E-state index contributed by atoms with van der Waals surface area (Å²) < 4.78 is 32.8. The van der Waals surface area contributed by atoms with Gasteiger partial charge in [0.25, 0.3) is 15.9 Å². The summed E-state index contributed by atoms with van der Waals surface area (Å²) in [5.74, 6) is 0.360. The Morgan fingerprint density at radius 1 is 1.19 bits per heavy atom. The predicted molar refractivity (Wildman–Crippen MR) is 104 cm³/mol. The van der Waals surface area contributed by atoms with E-state index in [1.54, 1.807) is 43.5 Å². The maximum atomic E-state index is 12.6. The summed E-state index contributed by atoms with van der Waals surface area (Å²) in [5.41, 5.74) is 0.733. The van der Waals surface area contributed by atoms with Crippen molar-refractivity contribution < 1.29 is 17.9 Å². The lowest BCUT2D eigenvalue weighted by molar-refractivity contribution is 0.0930. The lowest BCUT2D eigenvalue weighted by Gasteiger charge is -2.23. The number of amides is 1. The highest BCUT2D eigenvalue weighted by Gasteiger charge is 2.19. The minimum absolute atomic E-state index is 0.0349. The monoisotopic (exact) mass is 389 g/mol. The zero-order chi connectivity index (χ0) is 19.3. The Kier molecular flexibility index (Phi) is 5.98. The lowest BCUT2D eigenvalue weighted by atomic mass is 10.1. The number of rotatable bonds is 6. The van der Waals surface area contributed by atoms with Crippen LogP contribution >= 0.6 is 0 Å². The third-order valence-corrected chi connectivity index (χ3v) is 5.76. The first-order valence-electron chi connectivity index (χ1n) is 8.76. The van der Waals surface area contributed by atoms with Gasteiger partial charge in [-0.2, -0.15) is 0 Å². The third kappa shape index (κ3) is 4.99. The second kappa shape index (κ2) is 8.41. The summed E-state index contributed by atoms with van der Waals surface area (Å²) in [7, 11) is -2.26. The second-order valence-electron chi connectivity index (χ2n) is 6.38. The van der Waals surface area contributed by atoms with Crippen LogP contribution in [0.4, 0.5) is 5.69 Å². The summed E-state index contributed by atoms with van der Waals surface area (Å²) in [4.78, 5) is 12.5. The fraction of sp³-hybridized carbons (Fsp3) is 0.316. The van der Waals surface area contributed by atoms with Gasteiger partial charge in [0, 0.05) is 23.8 Å². The van der Waals surface area contributed by atoms with Gasteiger partial charge in [0.2, 0.25) is 0 Å². The molecule has 8 heteroatoms. The molecule has 7 nitrogen and oxygen atoms in total. The van der Waals surface area contributed by atoms with Crippen molar-refractivity contribution in [3.8, 4) is 5.75 Å². The fourth-order valence-corrected chi connectivity index (χ4v) is 4.03. The lowest BCUT2D eigenvalue weighted by Crippen LogP contribution is -2.45. The number of piperidine rings is 1. The van der Waals surface area contributed by atoms with Gasteiger partial charge in [-0.15, -0.1) is 0 Å². The van der Waals surface area contributed by atoms with Crippen LogP contribution in [0.1, 0.15) is 23.2 Å². The molecule has 3 rings (SSSR count). The maximum Gasteiger partial charge on any atom is 0.261 e. The van der Waals surface area contributed by atoms with E-state index in [0.717, 1.165) is 25.9 Å². The van der Waals surface area contributed by atoms with E-state index < -0.39 is 10.0 Å². The van der Waals surface area contributed by atoms with E-state index in [0.29, 0.717) is 17.0 Å². The smallest absolute Gasteiger partial charge is 0.261 e. The number of nitrogens with one attached hydrogen (secondary N) is 3. The summed E-state index contributed by atoms with van der Waals surface area (Å²) >= 11 is 0. The van der Waals surface area contributed by atoms with Crippen LogP contribution in [0.25, 0.3) is 0 Å². The zero-order valence-electron chi connectivity index (χ0n) is 15.1. The molecule has 0 radical (unpaired) electrons. The molecular weight excluding hydrogens is 366 g/mol. The normalized spacial score (nSPS) is 17.1. The van der Waals surface area contributed by atoms with Crippen molar-refractivity contribution in [1.29, 1.82) is 0 Å². The highest BCUT2D eigenvalue weighted by Crippen LogP contribution is 2.20. The zero-order valence-corrected chi connectivity index (χ0v) is 15.9. The topological polar surface area (TPSA) is 96.5 Å². The third-order valence-electron chi connectivity index (χ3n) is 4.38. The van der Waals surface area contributed by atoms with Crippen molar-refractivity contribution in [2.75, 3.05) is 24.9 Å². The summed E-state index contributed by atoms with van der Waals surface area (Å²) in [6, 6.07) is 12.6. The summed E-state index contributed by atoms with van der Waals surface area (Å²) in [6.45, 7) is 1.68. The Hall–Kier alpha value is -2.58. The molecule has 0 saturated carbocycles. The second-order valence-corrected chi connectivity index (χ2v) is 8.06. The number of hydrogen-bond donors (Lipinski definition) is 3. The molecule has 1 atom stereocenters. The fourth-order valence-electron chi connectivity index (χ4n) is 2.92. The Morgan fingerprint density at radius 3 is 2.63 bits per heavy atom. The Labute approximate surface area is 159 Å². The van der Waals surface area contributed by atoms with Crippen LogP contribution in [0.15, 0.2) is 53.4 Å². The van der Waals surface area contributed by atoms with E-state index >= 15 is 0 Å². The Morgan fingerprint density at radius 2 is 1.96 bits per heavy atom. The molecule has 3 N–H and O–H groups in total. The molecule has 0 aromatic heterocycles. The molecule has 2 aromatic rings. The molecule has 0 unspecified atom stereocenters. The number of ether oxygens (including phenoxy) is 1. The van der Waals surface area contributed by atoms with Crippen LogP contribution in [0.2, 0.25) is 0 Å². The number of anilines is 1. The summed E-state index contributed by atoms with van der Waals surface area (Å²) in [5, 5.41) is 6.18. The SMILES string of the molecule is COc1ccc(NS(=O)(=O)c2cccc(C(=O)N[C@H]3CCCNC3)c2)cc1. The van der Waals surface area contributed by atoms with E-state index in [4.69, 9.17) is 4.74 Å². The average Bonchev–Trinajstić information content (AvgIpc) is 2.69.